The van der Waals surface area contributed by atoms with E-state index in [1.54, 1.807) is 0 Å². The molecule has 0 radical (unpaired) electrons. The van der Waals surface area contributed by atoms with Crippen LogP contribution >= 0.6 is 0 Å². The van der Waals surface area contributed by atoms with Gasteiger partial charge in [0.1, 0.15) is 0 Å². The Bertz CT molecular complexity index is 402. The molecule has 0 spiro atoms. The smallest absolute Gasteiger partial charge is 0.0703 e. The topological polar surface area (TPSA) is 24.5 Å². The third-order valence-corrected chi connectivity index (χ3v) is 4.07. The van der Waals surface area contributed by atoms with Gasteiger partial charge < -0.3 is 10.1 Å². The van der Waals surface area contributed by atoms with Crippen molar-refractivity contribution in [3.8, 4) is 0 Å². The number of nitrogens with zero attached hydrogens (tertiary/aromatic N) is 1. The van der Waals surface area contributed by atoms with Crippen molar-refractivity contribution >= 4 is 0 Å². The predicted molar refractivity (Wildman–Crippen MR) is 83.7 cm³/mol. The normalized spacial score (nSPS) is 22.9. The van der Waals surface area contributed by atoms with Gasteiger partial charge in [-0.1, -0.05) is 38.1 Å². The van der Waals surface area contributed by atoms with Crippen molar-refractivity contribution < 1.29 is 4.74 Å². The second-order valence-electron chi connectivity index (χ2n) is 6.20. The first-order valence-electron chi connectivity index (χ1n) is 7.69. The minimum atomic E-state index is 0.356. The van der Waals surface area contributed by atoms with Gasteiger partial charge in [-0.15, -0.1) is 0 Å². The lowest BCUT2D eigenvalue weighted by molar-refractivity contribution is 0.0814. The highest BCUT2D eigenvalue weighted by atomic mass is 16.5. The van der Waals surface area contributed by atoms with E-state index in [0.29, 0.717) is 18.2 Å². The summed E-state index contributed by atoms with van der Waals surface area (Å²) >= 11 is 0. The minimum Gasteiger partial charge on any atom is -0.377 e. The Labute approximate surface area is 123 Å². The SMILES string of the molecule is CC(C)NCc1ccc(CN(C)C2CCOC2C)cc1. The molecule has 0 aromatic heterocycles. The summed E-state index contributed by atoms with van der Waals surface area (Å²) in [7, 11) is 2.20. The molecule has 1 aromatic carbocycles. The summed E-state index contributed by atoms with van der Waals surface area (Å²) in [6.07, 6.45) is 1.50. The maximum absolute atomic E-state index is 5.65. The molecule has 1 aliphatic rings. The average molecular weight is 276 g/mol. The highest BCUT2D eigenvalue weighted by Gasteiger charge is 2.27. The lowest BCUT2D eigenvalue weighted by Crippen LogP contribution is -2.36. The lowest BCUT2D eigenvalue weighted by atomic mass is 10.1. The monoisotopic (exact) mass is 276 g/mol. The summed E-state index contributed by atoms with van der Waals surface area (Å²) in [5.74, 6) is 0. The lowest BCUT2D eigenvalue weighted by Gasteiger charge is -2.26. The van der Waals surface area contributed by atoms with Crippen LogP contribution in [0.3, 0.4) is 0 Å². The Kier molecular flexibility index (Phi) is 5.58. The Morgan fingerprint density at radius 2 is 1.90 bits per heavy atom. The number of benzene rings is 1. The third-order valence-electron chi connectivity index (χ3n) is 4.07. The van der Waals surface area contributed by atoms with E-state index >= 15 is 0 Å². The molecule has 0 bridgehead atoms. The number of rotatable bonds is 6. The van der Waals surface area contributed by atoms with Crippen LogP contribution in [0.1, 0.15) is 38.3 Å². The maximum Gasteiger partial charge on any atom is 0.0703 e. The van der Waals surface area contributed by atoms with Crippen LogP contribution in [0.25, 0.3) is 0 Å². The van der Waals surface area contributed by atoms with Crippen molar-refractivity contribution in [3.63, 3.8) is 0 Å². The van der Waals surface area contributed by atoms with Crippen LogP contribution in [0.15, 0.2) is 24.3 Å². The summed E-state index contributed by atoms with van der Waals surface area (Å²) in [6, 6.07) is 10.0. The second-order valence-corrected chi connectivity index (χ2v) is 6.20. The summed E-state index contributed by atoms with van der Waals surface area (Å²) in [5, 5.41) is 3.45. The first-order valence-corrected chi connectivity index (χ1v) is 7.69. The number of ether oxygens (including phenoxy) is 1. The van der Waals surface area contributed by atoms with Crippen molar-refractivity contribution in [3.05, 3.63) is 35.4 Å². The number of likely N-dealkylation sites (N-methyl/N-ethyl adjacent to an activating group) is 1. The zero-order valence-electron chi connectivity index (χ0n) is 13.2. The summed E-state index contributed by atoms with van der Waals surface area (Å²) in [4.78, 5) is 2.42. The Balaban J connectivity index is 1.86. The number of nitrogens with one attached hydrogen (secondary N) is 1. The standard InChI is InChI=1S/C17H28N2O/c1-13(2)18-11-15-5-7-16(8-6-15)12-19(4)17-9-10-20-14(17)3/h5-8,13-14,17-18H,9-12H2,1-4H3. The highest BCUT2D eigenvalue weighted by Crippen LogP contribution is 2.20. The van der Waals surface area contributed by atoms with Crippen molar-refractivity contribution in [2.75, 3.05) is 13.7 Å². The van der Waals surface area contributed by atoms with Crippen LogP contribution < -0.4 is 5.32 Å². The highest BCUT2D eigenvalue weighted by molar-refractivity contribution is 5.22. The molecule has 0 aliphatic carbocycles. The molecular formula is C17H28N2O. The Morgan fingerprint density at radius 1 is 1.25 bits per heavy atom. The van der Waals surface area contributed by atoms with Gasteiger partial charge in [0.25, 0.3) is 0 Å². The van der Waals surface area contributed by atoms with Gasteiger partial charge in [-0.25, -0.2) is 0 Å². The van der Waals surface area contributed by atoms with Crippen LogP contribution in [-0.4, -0.2) is 36.7 Å². The first-order chi connectivity index (χ1) is 9.56. The zero-order valence-corrected chi connectivity index (χ0v) is 13.2. The van der Waals surface area contributed by atoms with Gasteiger partial charge in [-0.2, -0.15) is 0 Å². The first kappa shape index (κ1) is 15.5. The van der Waals surface area contributed by atoms with Crippen LogP contribution in [-0.2, 0) is 17.8 Å². The molecule has 1 N–H and O–H groups in total. The van der Waals surface area contributed by atoms with E-state index in [-0.39, 0.29) is 0 Å². The molecule has 1 saturated heterocycles. The Hall–Kier alpha value is -0.900. The second kappa shape index (κ2) is 7.21. The van der Waals surface area contributed by atoms with Gasteiger partial charge in [0.15, 0.2) is 0 Å². The van der Waals surface area contributed by atoms with Gasteiger partial charge in [-0.3, -0.25) is 4.90 Å². The minimum absolute atomic E-state index is 0.356. The quantitative estimate of drug-likeness (QED) is 0.864. The molecule has 2 unspecified atom stereocenters. The van der Waals surface area contributed by atoms with E-state index in [2.05, 4.69) is 62.3 Å². The van der Waals surface area contributed by atoms with Gasteiger partial charge >= 0.3 is 0 Å². The van der Waals surface area contributed by atoms with Gasteiger partial charge in [-0.05, 0) is 31.5 Å². The average Bonchev–Trinajstić information content (AvgIpc) is 2.84. The fourth-order valence-corrected chi connectivity index (χ4v) is 2.79. The van der Waals surface area contributed by atoms with E-state index in [0.717, 1.165) is 26.1 Å². The van der Waals surface area contributed by atoms with Crippen molar-refractivity contribution in [1.29, 1.82) is 0 Å². The van der Waals surface area contributed by atoms with Crippen LogP contribution in [0.5, 0.6) is 0 Å². The van der Waals surface area contributed by atoms with E-state index < -0.39 is 0 Å². The van der Waals surface area contributed by atoms with Crippen LogP contribution in [0, 0.1) is 0 Å². The summed E-state index contributed by atoms with van der Waals surface area (Å²) < 4.78 is 5.65. The molecule has 20 heavy (non-hydrogen) atoms. The summed E-state index contributed by atoms with van der Waals surface area (Å²) in [5.41, 5.74) is 2.72. The van der Waals surface area contributed by atoms with Gasteiger partial charge in [0.05, 0.1) is 6.10 Å². The van der Waals surface area contributed by atoms with Crippen LogP contribution in [0.2, 0.25) is 0 Å². The molecule has 3 heteroatoms. The van der Waals surface area contributed by atoms with Crippen molar-refractivity contribution in [2.45, 2.75) is 58.5 Å². The molecule has 2 atom stereocenters. The predicted octanol–water partition coefficient (Wildman–Crippen LogP) is 2.79. The molecule has 1 aromatic rings. The van der Waals surface area contributed by atoms with E-state index in [9.17, 15) is 0 Å². The molecule has 1 fully saturated rings. The van der Waals surface area contributed by atoms with E-state index in [1.165, 1.54) is 11.1 Å². The molecule has 3 nitrogen and oxygen atoms in total. The molecule has 1 heterocycles. The molecule has 1 aliphatic heterocycles. The Morgan fingerprint density at radius 3 is 2.45 bits per heavy atom. The molecular weight excluding hydrogens is 248 g/mol. The van der Waals surface area contributed by atoms with E-state index in [1.807, 2.05) is 0 Å². The molecule has 0 saturated carbocycles. The number of hydrogen-bond acceptors (Lipinski definition) is 3. The fourth-order valence-electron chi connectivity index (χ4n) is 2.79. The number of hydrogen-bond donors (Lipinski definition) is 1. The largest absolute Gasteiger partial charge is 0.377 e. The maximum atomic E-state index is 5.65. The van der Waals surface area contributed by atoms with Gasteiger partial charge in [0.2, 0.25) is 0 Å². The van der Waals surface area contributed by atoms with E-state index in [4.69, 9.17) is 4.74 Å². The zero-order chi connectivity index (χ0) is 14.5. The van der Waals surface area contributed by atoms with Crippen molar-refractivity contribution in [1.82, 2.24) is 10.2 Å². The van der Waals surface area contributed by atoms with Crippen molar-refractivity contribution in [2.24, 2.45) is 0 Å². The molecule has 2 rings (SSSR count). The van der Waals surface area contributed by atoms with Gasteiger partial charge in [0, 0.05) is 31.8 Å². The van der Waals surface area contributed by atoms with Crippen LogP contribution in [0.4, 0.5) is 0 Å². The third kappa shape index (κ3) is 4.30. The molecule has 0 amide bonds. The fraction of sp³-hybridized carbons (Fsp3) is 0.647. The summed E-state index contributed by atoms with van der Waals surface area (Å²) in [6.45, 7) is 9.37. The molecule has 112 valence electrons.